The Labute approximate surface area is 188 Å². The summed E-state index contributed by atoms with van der Waals surface area (Å²) in [6.45, 7) is 3.21. The minimum atomic E-state index is 0.0685. The summed E-state index contributed by atoms with van der Waals surface area (Å²) in [5.41, 5.74) is 1.20. The van der Waals surface area contributed by atoms with Crippen LogP contribution in [0.25, 0.3) is 0 Å². The van der Waals surface area contributed by atoms with Crippen molar-refractivity contribution in [1.29, 1.82) is 0 Å². The van der Waals surface area contributed by atoms with Crippen LogP contribution in [0.1, 0.15) is 31.2 Å². The van der Waals surface area contributed by atoms with E-state index in [0.717, 1.165) is 38.2 Å². The number of likely N-dealkylation sites (tertiary alicyclic amines) is 1. The normalized spacial score (nSPS) is 15.0. The molecule has 0 spiro atoms. The Morgan fingerprint density at radius 1 is 1.10 bits per heavy atom. The number of hydrogen-bond donors (Lipinski definition) is 1. The van der Waals surface area contributed by atoms with Gasteiger partial charge in [-0.15, -0.1) is 0 Å². The van der Waals surface area contributed by atoms with Gasteiger partial charge in [-0.2, -0.15) is 0 Å². The van der Waals surface area contributed by atoms with E-state index in [2.05, 4.69) is 16.3 Å². The first-order valence-electron chi connectivity index (χ1n) is 10.3. The molecule has 0 bridgehead atoms. The lowest BCUT2D eigenvalue weighted by atomic mass is 10.0. The van der Waals surface area contributed by atoms with Crippen LogP contribution in [0.15, 0.2) is 42.5 Å². The summed E-state index contributed by atoms with van der Waals surface area (Å²) in [5, 5.41) is 4.02. The molecule has 0 radical (unpaired) electrons. The fraction of sp³-hybridized carbons (Fsp3) is 0.435. The maximum Gasteiger partial charge on any atom is 0.220 e. The molecule has 1 aliphatic rings. The van der Waals surface area contributed by atoms with Crippen LogP contribution in [-0.2, 0) is 11.3 Å². The van der Waals surface area contributed by atoms with Gasteiger partial charge < -0.3 is 14.8 Å². The topological polar surface area (TPSA) is 50.8 Å². The van der Waals surface area contributed by atoms with Crippen LogP contribution in [0, 0.1) is 0 Å². The van der Waals surface area contributed by atoms with E-state index in [1.165, 1.54) is 5.56 Å². The smallest absolute Gasteiger partial charge is 0.220 e. The van der Waals surface area contributed by atoms with E-state index in [0.29, 0.717) is 35.2 Å². The lowest BCUT2D eigenvalue weighted by Gasteiger charge is -2.32. The third kappa shape index (κ3) is 6.53. The van der Waals surface area contributed by atoms with Crippen LogP contribution in [-0.4, -0.2) is 43.7 Å². The Bertz CT molecular complexity index is 839. The highest BCUT2D eigenvalue weighted by Gasteiger charge is 2.21. The van der Waals surface area contributed by atoms with Gasteiger partial charge in [0.15, 0.2) is 0 Å². The van der Waals surface area contributed by atoms with Crippen molar-refractivity contribution in [2.75, 3.05) is 26.8 Å². The number of nitrogens with one attached hydrogen (secondary N) is 1. The van der Waals surface area contributed by atoms with Crippen molar-refractivity contribution in [2.45, 2.75) is 38.3 Å². The summed E-state index contributed by atoms with van der Waals surface area (Å²) in [7, 11) is 1.70. The number of ether oxygens (including phenoxy) is 2. The second-order valence-electron chi connectivity index (χ2n) is 7.43. The lowest BCUT2D eigenvalue weighted by molar-refractivity contribution is -0.122. The number of benzene rings is 2. The largest absolute Gasteiger partial charge is 0.496 e. The molecule has 5 nitrogen and oxygen atoms in total. The fourth-order valence-electron chi connectivity index (χ4n) is 3.62. The zero-order valence-corrected chi connectivity index (χ0v) is 18.7. The molecule has 1 fully saturated rings. The first-order chi connectivity index (χ1) is 14.6. The molecule has 2 aromatic rings. The minimum absolute atomic E-state index is 0.0685. The molecule has 30 heavy (non-hydrogen) atoms. The molecular weight excluding hydrogens is 423 g/mol. The number of hydrogen-bond acceptors (Lipinski definition) is 4. The second kappa shape index (κ2) is 11.4. The van der Waals surface area contributed by atoms with Crippen molar-refractivity contribution in [1.82, 2.24) is 10.2 Å². The molecule has 1 N–H and O–H groups in total. The molecule has 0 aliphatic carbocycles. The van der Waals surface area contributed by atoms with Crippen molar-refractivity contribution >= 4 is 29.1 Å². The summed E-state index contributed by atoms with van der Waals surface area (Å²) < 4.78 is 11.1. The SMILES string of the molecule is COc1ccccc1CN1CCC(NC(=O)CCCOc2cccc(Cl)c2Cl)CC1. The molecule has 0 saturated carbocycles. The Balaban J connectivity index is 1.33. The molecule has 0 aromatic heterocycles. The van der Waals surface area contributed by atoms with Crippen molar-refractivity contribution in [3.63, 3.8) is 0 Å². The number of amides is 1. The van der Waals surface area contributed by atoms with Crippen molar-refractivity contribution in [2.24, 2.45) is 0 Å². The molecule has 162 valence electrons. The number of nitrogens with zero attached hydrogens (tertiary/aromatic N) is 1. The first-order valence-corrected chi connectivity index (χ1v) is 11.0. The fourth-order valence-corrected chi connectivity index (χ4v) is 3.97. The molecule has 0 unspecified atom stereocenters. The van der Waals surface area contributed by atoms with Gasteiger partial charge in [-0.25, -0.2) is 0 Å². The Morgan fingerprint density at radius 2 is 1.83 bits per heavy atom. The van der Waals surface area contributed by atoms with E-state index in [9.17, 15) is 4.79 Å². The molecule has 1 aliphatic heterocycles. The van der Waals surface area contributed by atoms with Gasteiger partial charge in [-0.3, -0.25) is 9.69 Å². The van der Waals surface area contributed by atoms with Crippen molar-refractivity contribution in [3.8, 4) is 11.5 Å². The van der Waals surface area contributed by atoms with Gasteiger partial charge in [0.05, 0.1) is 18.7 Å². The first kappa shape index (κ1) is 22.7. The van der Waals surface area contributed by atoms with Crippen molar-refractivity contribution < 1.29 is 14.3 Å². The Kier molecular flexibility index (Phi) is 8.67. The minimum Gasteiger partial charge on any atom is -0.496 e. The molecule has 2 aromatic carbocycles. The second-order valence-corrected chi connectivity index (χ2v) is 8.22. The summed E-state index contributed by atoms with van der Waals surface area (Å²) in [5.74, 6) is 1.54. The van der Waals surface area contributed by atoms with Crippen LogP contribution in [0.5, 0.6) is 11.5 Å². The predicted octanol–water partition coefficient (Wildman–Crippen LogP) is 4.94. The van der Waals surface area contributed by atoms with Gasteiger partial charge in [-0.05, 0) is 37.5 Å². The van der Waals surface area contributed by atoms with Gasteiger partial charge >= 0.3 is 0 Å². The van der Waals surface area contributed by atoms with E-state index < -0.39 is 0 Å². The molecule has 1 saturated heterocycles. The van der Waals surface area contributed by atoms with Crippen molar-refractivity contribution in [3.05, 3.63) is 58.1 Å². The summed E-state index contributed by atoms with van der Waals surface area (Å²) in [6, 6.07) is 13.6. The maximum absolute atomic E-state index is 12.3. The van der Waals surface area contributed by atoms with E-state index in [4.69, 9.17) is 32.7 Å². The molecule has 1 heterocycles. The zero-order chi connectivity index (χ0) is 21.3. The van der Waals surface area contributed by atoms with Gasteiger partial charge in [0.2, 0.25) is 5.91 Å². The predicted molar refractivity (Wildman–Crippen MR) is 121 cm³/mol. The quantitative estimate of drug-likeness (QED) is 0.549. The van der Waals surface area contributed by atoms with E-state index in [-0.39, 0.29) is 11.9 Å². The van der Waals surface area contributed by atoms with Crippen LogP contribution in [0.3, 0.4) is 0 Å². The highest BCUT2D eigenvalue weighted by Crippen LogP contribution is 2.31. The van der Waals surface area contributed by atoms with Gasteiger partial charge in [0.1, 0.15) is 16.5 Å². The summed E-state index contributed by atoms with van der Waals surface area (Å²) in [6.07, 6.45) is 2.96. The van der Waals surface area contributed by atoms with E-state index in [1.54, 1.807) is 25.3 Å². The van der Waals surface area contributed by atoms with Gasteiger partial charge in [-0.1, -0.05) is 47.5 Å². The third-order valence-corrected chi connectivity index (χ3v) is 6.06. The zero-order valence-electron chi connectivity index (χ0n) is 17.2. The average Bonchev–Trinajstić information content (AvgIpc) is 2.76. The number of carbonyl (C=O) groups is 1. The van der Waals surface area contributed by atoms with Gasteiger partial charge in [0, 0.05) is 37.7 Å². The monoisotopic (exact) mass is 450 g/mol. The number of halogens is 2. The summed E-state index contributed by atoms with van der Waals surface area (Å²) in [4.78, 5) is 14.7. The van der Waals surface area contributed by atoms with Crippen LogP contribution in [0.4, 0.5) is 0 Å². The number of methoxy groups -OCH3 is 1. The maximum atomic E-state index is 12.3. The molecule has 1 amide bonds. The average molecular weight is 451 g/mol. The highest BCUT2D eigenvalue weighted by molar-refractivity contribution is 6.42. The van der Waals surface area contributed by atoms with Crippen LogP contribution >= 0.6 is 23.2 Å². The standard InChI is InChI=1S/C23H28Cl2N2O3/c1-29-20-8-3-2-6-17(20)16-27-13-11-18(12-14-27)26-22(28)10-5-15-30-21-9-4-7-19(24)23(21)25/h2-4,6-9,18H,5,10-16H2,1H3,(H,26,28). The highest BCUT2D eigenvalue weighted by atomic mass is 35.5. The lowest BCUT2D eigenvalue weighted by Crippen LogP contribution is -2.44. The summed E-state index contributed by atoms with van der Waals surface area (Å²) >= 11 is 12.1. The van der Waals surface area contributed by atoms with E-state index >= 15 is 0 Å². The van der Waals surface area contributed by atoms with Gasteiger partial charge in [0.25, 0.3) is 0 Å². The molecule has 0 atom stereocenters. The third-order valence-electron chi connectivity index (χ3n) is 5.26. The number of rotatable bonds is 9. The Morgan fingerprint density at radius 3 is 2.60 bits per heavy atom. The molecule has 7 heteroatoms. The van der Waals surface area contributed by atoms with Crippen LogP contribution < -0.4 is 14.8 Å². The molecular formula is C23H28Cl2N2O3. The number of piperidine rings is 1. The number of carbonyl (C=O) groups excluding carboxylic acids is 1. The molecule has 3 rings (SSSR count). The Hall–Kier alpha value is -1.95. The van der Waals surface area contributed by atoms with E-state index in [1.807, 2.05) is 18.2 Å². The number of para-hydroxylation sites is 1. The van der Waals surface area contributed by atoms with Crippen LogP contribution in [0.2, 0.25) is 10.0 Å².